The molecule has 0 heterocycles. The zero-order valence-corrected chi connectivity index (χ0v) is 13.2. The number of rotatable bonds is 3. The van der Waals surface area contributed by atoms with Crippen molar-refractivity contribution < 1.29 is 4.79 Å². The van der Waals surface area contributed by atoms with E-state index < -0.39 is 0 Å². The molecular formula is C14H20BrClN2O. The quantitative estimate of drug-likeness (QED) is 0.883. The van der Waals surface area contributed by atoms with Crippen molar-refractivity contribution in [1.82, 2.24) is 5.32 Å². The summed E-state index contributed by atoms with van der Waals surface area (Å²) < 4.78 is 1.04. The summed E-state index contributed by atoms with van der Waals surface area (Å²) in [5.74, 6) is 0.109. The molecular weight excluding hydrogens is 328 g/mol. The van der Waals surface area contributed by atoms with Gasteiger partial charge in [0.15, 0.2) is 0 Å². The Labute approximate surface area is 128 Å². The second-order valence-corrected chi connectivity index (χ2v) is 5.90. The molecule has 0 aliphatic heterocycles. The summed E-state index contributed by atoms with van der Waals surface area (Å²) in [5, 5.41) is 3.10. The Morgan fingerprint density at radius 1 is 1.21 bits per heavy atom. The summed E-state index contributed by atoms with van der Waals surface area (Å²) in [6.07, 6.45) is 4.50. The van der Waals surface area contributed by atoms with Crippen LogP contribution in [-0.2, 0) is 11.2 Å². The van der Waals surface area contributed by atoms with Crippen LogP contribution in [0.25, 0.3) is 0 Å². The number of hydrogen-bond donors (Lipinski definition) is 2. The predicted octanol–water partition coefficient (Wildman–Crippen LogP) is 2.80. The van der Waals surface area contributed by atoms with Gasteiger partial charge in [-0.2, -0.15) is 0 Å². The molecule has 0 aromatic heterocycles. The van der Waals surface area contributed by atoms with E-state index in [1.807, 2.05) is 24.3 Å². The van der Waals surface area contributed by atoms with Crippen LogP contribution in [-0.4, -0.2) is 18.0 Å². The van der Waals surface area contributed by atoms with Crippen molar-refractivity contribution >= 4 is 34.2 Å². The van der Waals surface area contributed by atoms with Crippen LogP contribution in [0, 0.1) is 0 Å². The third kappa shape index (κ3) is 5.51. The molecule has 0 atom stereocenters. The highest BCUT2D eigenvalue weighted by molar-refractivity contribution is 9.10. The van der Waals surface area contributed by atoms with E-state index >= 15 is 0 Å². The molecule has 2 rings (SSSR count). The Bertz CT molecular complexity index is 402. The maximum absolute atomic E-state index is 11.9. The van der Waals surface area contributed by atoms with E-state index in [9.17, 15) is 4.79 Å². The smallest absolute Gasteiger partial charge is 0.224 e. The first-order valence-corrected chi connectivity index (χ1v) is 7.22. The maximum atomic E-state index is 11.9. The lowest BCUT2D eigenvalue weighted by molar-refractivity contribution is -0.121. The van der Waals surface area contributed by atoms with Gasteiger partial charge in [-0.25, -0.2) is 0 Å². The van der Waals surface area contributed by atoms with Crippen molar-refractivity contribution in [2.24, 2.45) is 5.73 Å². The first-order chi connectivity index (χ1) is 8.63. The summed E-state index contributed by atoms with van der Waals surface area (Å²) in [5.41, 5.74) is 6.89. The number of nitrogens with two attached hydrogens (primary N) is 1. The molecule has 5 heteroatoms. The van der Waals surface area contributed by atoms with E-state index in [1.165, 1.54) is 0 Å². The summed E-state index contributed by atoms with van der Waals surface area (Å²) in [7, 11) is 0. The summed E-state index contributed by atoms with van der Waals surface area (Å²) in [6, 6.07) is 8.50. The Kier molecular flexibility index (Phi) is 6.83. The molecule has 106 valence electrons. The lowest BCUT2D eigenvalue weighted by Crippen LogP contribution is -2.41. The fourth-order valence-corrected chi connectivity index (χ4v) is 2.59. The molecule has 1 aromatic rings. The number of nitrogens with one attached hydrogen (secondary N) is 1. The van der Waals surface area contributed by atoms with Crippen LogP contribution in [0.15, 0.2) is 28.7 Å². The predicted molar refractivity (Wildman–Crippen MR) is 83.5 cm³/mol. The first kappa shape index (κ1) is 16.5. The highest BCUT2D eigenvalue weighted by Gasteiger charge is 2.19. The highest BCUT2D eigenvalue weighted by atomic mass is 79.9. The van der Waals surface area contributed by atoms with Gasteiger partial charge in [0.2, 0.25) is 5.91 Å². The lowest BCUT2D eigenvalue weighted by Gasteiger charge is -2.26. The zero-order valence-electron chi connectivity index (χ0n) is 10.8. The van der Waals surface area contributed by atoms with Crippen LogP contribution in [0.1, 0.15) is 31.2 Å². The van der Waals surface area contributed by atoms with E-state index in [-0.39, 0.29) is 18.3 Å². The van der Waals surface area contributed by atoms with E-state index in [4.69, 9.17) is 5.73 Å². The highest BCUT2D eigenvalue weighted by Crippen LogP contribution is 2.17. The van der Waals surface area contributed by atoms with Gasteiger partial charge in [0.1, 0.15) is 0 Å². The average molecular weight is 348 g/mol. The van der Waals surface area contributed by atoms with Crippen molar-refractivity contribution in [3.8, 4) is 0 Å². The molecule has 1 aliphatic carbocycles. The van der Waals surface area contributed by atoms with Gasteiger partial charge in [-0.3, -0.25) is 4.79 Å². The van der Waals surface area contributed by atoms with Gasteiger partial charge in [-0.1, -0.05) is 28.1 Å². The molecule has 0 bridgehead atoms. The number of benzene rings is 1. The van der Waals surface area contributed by atoms with Gasteiger partial charge in [-0.15, -0.1) is 12.4 Å². The SMILES string of the molecule is Cl.NC1CCC(NC(=O)Cc2ccc(Br)cc2)CC1. The van der Waals surface area contributed by atoms with Crippen LogP contribution >= 0.6 is 28.3 Å². The molecule has 3 N–H and O–H groups in total. The van der Waals surface area contributed by atoms with Gasteiger partial charge < -0.3 is 11.1 Å². The van der Waals surface area contributed by atoms with Gasteiger partial charge in [-0.05, 0) is 43.4 Å². The number of amides is 1. The second kappa shape index (κ2) is 7.88. The molecule has 1 aromatic carbocycles. The van der Waals surface area contributed by atoms with Crippen molar-refractivity contribution in [3.63, 3.8) is 0 Å². The number of halogens is 2. The molecule has 0 saturated heterocycles. The van der Waals surface area contributed by atoms with Crippen molar-refractivity contribution in [3.05, 3.63) is 34.3 Å². The monoisotopic (exact) mass is 346 g/mol. The summed E-state index contributed by atoms with van der Waals surface area (Å²) in [4.78, 5) is 11.9. The molecule has 1 fully saturated rings. The Balaban J connectivity index is 0.00000180. The molecule has 3 nitrogen and oxygen atoms in total. The number of hydrogen-bond acceptors (Lipinski definition) is 2. The largest absolute Gasteiger partial charge is 0.353 e. The van der Waals surface area contributed by atoms with Gasteiger partial charge in [0.05, 0.1) is 6.42 Å². The average Bonchev–Trinajstić information content (AvgIpc) is 2.35. The topological polar surface area (TPSA) is 55.1 Å². The number of carbonyl (C=O) groups is 1. The van der Waals surface area contributed by atoms with Crippen LogP contribution in [0.3, 0.4) is 0 Å². The van der Waals surface area contributed by atoms with E-state index in [1.54, 1.807) is 0 Å². The van der Waals surface area contributed by atoms with Crippen LogP contribution in [0.4, 0.5) is 0 Å². The van der Waals surface area contributed by atoms with Gasteiger partial charge in [0.25, 0.3) is 0 Å². The van der Waals surface area contributed by atoms with E-state index in [0.717, 1.165) is 35.7 Å². The van der Waals surface area contributed by atoms with Gasteiger partial charge >= 0.3 is 0 Å². The van der Waals surface area contributed by atoms with Crippen molar-refractivity contribution in [2.45, 2.75) is 44.2 Å². The summed E-state index contributed by atoms with van der Waals surface area (Å²) in [6.45, 7) is 0. The summed E-state index contributed by atoms with van der Waals surface area (Å²) >= 11 is 3.38. The molecule has 0 spiro atoms. The minimum absolute atomic E-state index is 0. The van der Waals surface area contributed by atoms with Crippen molar-refractivity contribution in [1.29, 1.82) is 0 Å². The van der Waals surface area contributed by atoms with E-state index in [0.29, 0.717) is 18.5 Å². The minimum Gasteiger partial charge on any atom is -0.353 e. The first-order valence-electron chi connectivity index (χ1n) is 6.43. The third-order valence-corrected chi connectivity index (χ3v) is 3.94. The fourth-order valence-electron chi connectivity index (χ4n) is 2.33. The molecule has 1 saturated carbocycles. The number of carbonyl (C=O) groups excluding carboxylic acids is 1. The Morgan fingerprint density at radius 2 is 1.79 bits per heavy atom. The normalized spacial score (nSPS) is 22.4. The second-order valence-electron chi connectivity index (χ2n) is 4.98. The molecule has 0 unspecified atom stereocenters. The van der Waals surface area contributed by atoms with Crippen LogP contribution in [0.5, 0.6) is 0 Å². The third-order valence-electron chi connectivity index (χ3n) is 3.41. The van der Waals surface area contributed by atoms with Crippen molar-refractivity contribution in [2.75, 3.05) is 0 Å². The zero-order chi connectivity index (χ0) is 13.0. The standard InChI is InChI=1S/C14H19BrN2O.ClH/c15-11-3-1-10(2-4-11)9-14(18)17-13-7-5-12(16)6-8-13;/h1-4,12-13H,5-9,16H2,(H,17,18);1H. The molecule has 0 radical (unpaired) electrons. The fraction of sp³-hybridized carbons (Fsp3) is 0.500. The van der Waals surface area contributed by atoms with Crippen LogP contribution < -0.4 is 11.1 Å². The minimum atomic E-state index is 0. The molecule has 1 aliphatic rings. The maximum Gasteiger partial charge on any atom is 0.224 e. The van der Waals surface area contributed by atoms with E-state index in [2.05, 4.69) is 21.2 Å². The molecule has 19 heavy (non-hydrogen) atoms. The Morgan fingerprint density at radius 3 is 2.37 bits per heavy atom. The Hall–Kier alpha value is -0.580. The van der Waals surface area contributed by atoms with Crippen LogP contribution in [0.2, 0.25) is 0 Å². The molecule has 1 amide bonds. The van der Waals surface area contributed by atoms with Gasteiger partial charge in [0, 0.05) is 16.6 Å². The lowest BCUT2D eigenvalue weighted by atomic mass is 9.91.